The minimum absolute atomic E-state index is 0.765. The highest BCUT2D eigenvalue weighted by atomic mass is 15.2. The van der Waals surface area contributed by atoms with Gasteiger partial charge in [0.05, 0.1) is 0 Å². The molecule has 0 aromatic rings. The Balaban J connectivity index is 0. The van der Waals surface area contributed by atoms with E-state index in [4.69, 9.17) is 5.73 Å². The van der Waals surface area contributed by atoms with Gasteiger partial charge in [-0.3, -0.25) is 0 Å². The highest BCUT2D eigenvalue weighted by Gasteiger charge is 1.99. The molecule has 0 amide bonds. The van der Waals surface area contributed by atoms with Crippen molar-refractivity contribution in [3.63, 3.8) is 0 Å². The summed E-state index contributed by atoms with van der Waals surface area (Å²) in [5.41, 5.74) is 5.46. The minimum Gasteiger partial charge on any atom is -0.329 e. The van der Waals surface area contributed by atoms with Crippen molar-refractivity contribution >= 4 is 0 Å². The van der Waals surface area contributed by atoms with E-state index in [1.165, 1.54) is 0 Å². The Kier molecular flexibility index (Phi) is 14.0. The largest absolute Gasteiger partial charge is 0.329 e. The second-order valence-corrected chi connectivity index (χ2v) is 3.03. The molecule has 0 radical (unpaired) electrons. The third-order valence-electron chi connectivity index (χ3n) is 1.76. The van der Waals surface area contributed by atoms with Gasteiger partial charge in [-0.25, -0.2) is 0 Å². The van der Waals surface area contributed by atoms with E-state index in [1.54, 1.807) is 0 Å². The van der Waals surface area contributed by atoms with E-state index in [0.717, 1.165) is 32.7 Å². The fourth-order valence-corrected chi connectivity index (χ4v) is 0.952. The molecule has 0 aromatic carbocycles. The zero-order valence-corrected chi connectivity index (χ0v) is 10.0. The molecular weight excluding hydrogens is 162 g/mol. The lowest BCUT2D eigenvalue weighted by molar-refractivity contribution is 0.256. The third-order valence-corrected chi connectivity index (χ3v) is 1.76. The van der Waals surface area contributed by atoms with Crippen LogP contribution in [0.25, 0.3) is 0 Å². The van der Waals surface area contributed by atoms with Crippen LogP contribution in [0.5, 0.6) is 0 Å². The standard InChI is InChI=1S/C8H21N3.C2H6/c1-4-11(6-5-9)8-7-10(2)3;1-2/h4-9H2,1-3H3;1-2H3. The van der Waals surface area contributed by atoms with Crippen LogP contribution in [0.1, 0.15) is 20.8 Å². The lowest BCUT2D eigenvalue weighted by Crippen LogP contribution is -2.35. The first-order valence-corrected chi connectivity index (χ1v) is 5.27. The summed E-state index contributed by atoms with van der Waals surface area (Å²) in [6.45, 7) is 11.3. The molecule has 0 unspecified atom stereocenters. The normalized spacial score (nSPS) is 10.2. The molecule has 0 rings (SSSR count). The summed E-state index contributed by atoms with van der Waals surface area (Å²) in [5, 5.41) is 0. The Bertz CT molecular complexity index is 84.2. The van der Waals surface area contributed by atoms with Crippen molar-refractivity contribution in [1.82, 2.24) is 9.80 Å². The molecule has 13 heavy (non-hydrogen) atoms. The van der Waals surface area contributed by atoms with Crippen molar-refractivity contribution in [2.24, 2.45) is 5.73 Å². The molecule has 0 saturated heterocycles. The first kappa shape index (κ1) is 15.4. The van der Waals surface area contributed by atoms with Gasteiger partial charge in [-0.15, -0.1) is 0 Å². The SMILES string of the molecule is CC.CCN(CCN)CCN(C)C. The molecule has 0 aliphatic rings. The highest BCUT2D eigenvalue weighted by molar-refractivity contribution is 4.57. The molecule has 0 fully saturated rings. The number of nitrogens with two attached hydrogens (primary N) is 1. The minimum atomic E-state index is 0.765. The quantitative estimate of drug-likeness (QED) is 0.672. The van der Waals surface area contributed by atoms with Gasteiger partial charge in [0.2, 0.25) is 0 Å². The summed E-state index contributed by atoms with van der Waals surface area (Å²) in [4.78, 5) is 4.55. The smallest absolute Gasteiger partial charge is 0.0110 e. The monoisotopic (exact) mass is 189 g/mol. The number of hydrogen-bond acceptors (Lipinski definition) is 3. The van der Waals surface area contributed by atoms with Gasteiger partial charge in [-0.05, 0) is 20.6 Å². The average molecular weight is 189 g/mol. The predicted molar refractivity (Wildman–Crippen MR) is 61.1 cm³/mol. The summed E-state index contributed by atoms with van der Waals surface area (Å²) < 4.78 is 0. The molecule has 0 bridgehead atoms. The van der Waals surface area contributed by atoms with E-state index in [0.29, 0.717) is 0 Å². The molecule has 0 heterocycles. The summed E-state index contributed by atoms with van der Waals surface area (Å²) in [6, 6.07) is 0. The third kappa shape index (κ3) is 11.9. The van der Waals surface area contributed by atoms with E-state index in [9.17, 15) is 0 Å². The molecule has 2 N–H and O–H groups in total. The van der Waals surface area contributed by atoms with Gasteiger partial charge in [-0.1, -0.05) is 20.8 Å². The number of likely N-dealkylation sites (N-methyl/N-ethyl adjacent to an activating group) is 2. The molecule has 0 aromatic heterocycles. The summed E-state index contributed by atoms with van der Waals surface area (Å²) in [7, 11) is 4.19. The first-order chi connectivity index (χ1) is 6.20. The second kappa shape index (κ2) is 11.9. The Morgan fingerprint density at radius 2 is 1.54 bits per heavy atom. The van der Waals surface area contributed by atoms with Gasteiger partial charge in [0, 0.05) is 26.2 Å². The van der Waals surface area contributed by atoms with E-state index in [2.05, 4.69) is 30.8 Å². The molecule has 0 atom stereocenters. The zero-order valence-electron chi connectivity index (χ0n) is 10.0. The average Bonchev–Trinajstić information content (AvgIpc) is 2.15. The molecule has 0 spiro atoms. The van der Waals surface area contributed by atoms with E-state index in [-0.39, 0.29) is 0 Å². The van der Waals surface area contributed by atoms with Crippen molar-refractivity contribution in [2.75, 3.05) is 46.8 Å². The van der Waals surface area contributed by atoms with E-state index >= 15 is 0 Å². The van der Waals surface area contributed by atoms with Crippen LogP contribution in [-0.4, -0.2) is 56.6 Å². The molecule has 3 heteroatoms. The Hall–Kier alpha value is -0.120. The van der Waals surface area contributed by atoms with Crippen molar-refractivity contribution in [3.05, 3.63) is 0 Å². The summed E-state index contributed by atoms with van der Waals surface area (Å²) in [6.07, 6.45) is 0. The maximum atomic E-state index is 5.46. The van der Waals surface area contributed by atoms with Crippen LogP contribution in [-0.2, 0) is 0 Å². The second-order valence-electron chi connectivity index (χ2n) is 3.03. The maximum Gasteiger partial charge on any atom is 0.0110 e. The predicted octanol–water partition coefficient (Wildman–Crippen LogP) is 0.855. The van der Waals surface area contributed by atoms with E-state index < -0.39 is 0 Å². The van der Waals surface area contributed by atoms with Crippen LogP contribution in [0.2, 0.25) is 0 Å². The number of rotatable bonds is 6. The molecule has 82 valence electrons. The molecule has 0 saturated carbocycles. The maximum absolute atomic E-state index is 5.46. The highest BCUT2D eigenvalue weighted by Crippen LogP contribution is 1.86. The lowest BCUT2D eigenvalue weighted by Gasteiger charge is -2.21. The Morgan fingerprint density at radius 1 is 1.00 bits per heavy atom. The molecular formula is C10H27N3. The first-order valence-electron chi connectivity index (χ1n) is 5.27. The fraction of sp³-hybridized carbons (Fsp3) is 1.00. The Labute approximate surface area is 83.9 Å². The van der Waals surface area contributed by atoms with Crippen molar-refractivity contribution in [1.29, 1.82) is 0 Å². The van der Waals surface area contributed by atoms with Crippen molar-refractivity contribution in [3.8, 4) is 0 Å². The molecule has 0 aliphatic heterocycles. The van der Waals surface area contributed by atoms with E-state index in [1.807, 2.05) is 13.8 Å². The van der Waals surface area contributed by atoms with Crippen LogP contribution >= 0.6 is 0 Å². The van der Waals surface area contributed by atoms with Crippen molar-refractivity contribution in [2.45, 2.75) is 20.8 Å². The topological polar surface area (TPSA) is 32.5 Å². The van der Waals surface area contributed by atoms with Gasteiger partial charge in [0.1, 0.15) is 0 Å². The van der Waals surface area contributed by atoms with Crippen LogP contribution in [0.4, 0.5) is 0 Å². The zero-order chi connectivity index (χ0) is 10.7. The van der Waals surface area contributed by atoms with Gasteiger partial charge in [0.15, 0.2) is 0 Å². The van der Waals surface area contributed by atoms with Gasteiger partial charge >= 0.3 is 0 Å². The number of hydrogen-bond donors (Lipinski definition) is 1. The lowest BCUT2D eigenvalue weighted by atomic mass is 10.4. The van der Waals surface area contributed by atoms with Crippen LogP contribution < -0.4 is 5.73 Å². The number of nitrogens with zero attached hydrogens (tertiary/aromatic N) is 2. The molecule has 0 aliphatic carbocycles. The van der Waals surface area contributed by atoms with Gasteiger partial charge < -0.3 is 15.5 Å². The Morgan fingerprint density at radius 3 is 1.85 bits per heavy atom. The van der Waals surface area contributed by atoms with Gasteiger partial charge in [0.25, 0.3) is 0 Å². The summed E-state index contributed by atoms with van der Waals surface area (Å²) >= 11 is 0. The van der Waals surface area contributed by atoms with Crippen molar-refractivity contribution < 1.29 is 0 Å². The van der Waals surface area contributed by atoms with Gasteiger partial charge in [-0.2, -0.15) is 0 Å². The van der Waals surface area contributed by atoms with Crippen LogP contribution in [0, 0.1) is 0 Å². The van der Waals surface area contributed by atoms with Crippen LogP contribution in [0.15, 0.2) is 0 Å². The summed E-state index contributed by atoms with van der Waals surface area (Å²) in [5.74, 6) is 0. The van der Waals surface area contributed by atoms with Crippen LogP contribution in [0.3, 0.4) is 0 Å². The molecule has 3 nitrogen and oxygen atoms in total. The fourth-order valence-electron chi connectivity index (χ4n) is 0.952.